The van der Waals surface area contributed by atoms with E-state index in [9.17, 15) is 9.59 Å². The molecule has 0 unspecified atom stereocenters. The van der Waals surface area contributed by atoms with E-state index in [1.807, 2.05) is 18.2 Å². The van der Waals surface area contributed by atoms with Crippen LogP contribution in [-0.2, 0) is 0 Å². The molecule has 3 amide bonds. The van der Waals surface area contributed by atoms with Crippen molar-refractivity contribution in [2.75, 3.05) is 17.7 Å². The summed E-state index contributed by atoms with van der Waals surface area (Å²) in [5.41, 5.74) is 2.66. The zero-order chi connectivity index (χ0) is 18.5. The van der Waals surface area contributed by atoms with Gasteiger partial charge in [-0.15, -0.1) is 11.3 Å². The van der Waals surface area contributed by atoms with Gasteiger partial charge < -0.3 is 16.0 Å². The minimum absolute atomic E-state index is 0.228. The Labute approximate surface area is 154 Å². The summed E-state index contributed by atoms with van der Waals surface area (Å²) in [6.45, 7) is 1.80. The molecule has 1 aromatic carbocycles. The average Bonchev–Trinajstić information content (AvgIpc) is 3.06. The molecule has 0 spiro atoms. The zero-order valence-electron chi connectivity index (χ0n) is 14.2. The maximum Gasteiger partial charge on any atom is 0.318 e. The van der Waals surface area contributed by atoms with E-state index in [0.717, 1.165) is 5.69 Å². The molecule has 2 heterocycles. The summed E-state index contributed by atoms with van der Waals surface area (Å²) in [5.74, 6) is -0.228. The maximum absolute atomic E-state index is 12.5. The highest BCUT2D eigenvalue weighted by Gasteiger charge is 2.17. The third-order valence-electron chi connectivity index (χ3n) is 3.51. The van der Waals surface area contributed by atoms with Gasteiger partial charge in [-0.3, -0.25) is 9.78 Å². The number of anilines is 2. The Kier molecular flexibility index (Phi) is 5.23. The monoisotopic (exact) mass is 367 g/mol. The second kappa shape index (κ2) is 7.75. The first-order chi connectivity index (χ1) is 12.6. The Balaban J connectivity index is 1.72. The molecule has 0 atom stereocenters. The number of carbonyl (C=O) groups is 2. The van der Waals surface area contributed by atoms with Crippen LogP contribution in [0.5, 0.6) is 0 Å². The van der Waals surface area contributed by atoms with Crippen molar-refractivity contribution in [3.8, 4) is 10.7 Å². The van der Waals surface area contributed by atoms with Gasteiger partial charge in [-0.25, -0.2) is 9.78 Å². The van der Waals surface area contributed by atoms with E-state index in [1.165, 1.54) is 11.3 Å². The van der Waals surface area contributed by atoms with E-state index in [-0.39, 0.29) is 11.9 Å². The van der Waals surface area contributed by atoms with Gasteiger partial charge in [0.2, 0.25) is 0 Å². The van der Waals surface area contributed by atoms with Crippen LogP contribution < -0.4 is 16.0 Å². The van der Waals surface area contributed by atoms with Gasteiger partial charge in [-0.2, -0.15) is 0 Å². The molecule has 8 heteroatoms. The summed E-state index contributed by atoms with van der Waals surface area (Å²) in [4.78, 5) is 33.1. The Hall–Kier alpha value is -3.26. The van der Waals surface area contributed by atoms with Crippen LogP contribution in [0.25, 0.3) is 10.7 Å². The van der Waals surface area contributed by atoms with Crippen LogP contribution in [0.4, 0.5) is 16.2 Å². The quantitative estimate of drug-likeness (QED) is 0.657. The number of amides is 3. The first-order valence-electron chi connectivity index (χ1n) is 7.86. The second-order valence-corrected chi connectivity index (χ2v) is 6.38. The molecular formula is C18H17N5O2S. The largest absolute Gasteiger partial charge is 0.341 e. The highest BCUT2D eigenvalue weighted by molar-refractivity contribution is 7.17. The van der Waals surface area contributed by atoms with Crippen LogP contribution in [0, 0.1) is 6.92 Å². The van der Waals surface area contributed by atoms with Gasteiger partial charge >= 0.3 is 6.03 Å². The summed E-state index contributed by atoms with van der Waals surface area (Å²) >= 11 is 1.30. The maximum atomic E-state index is 12.5. The highest BCUT2D eigenvalue weighted by Crippen LogP contribution is 2.27. The predicted molar refractivity (Wildman–Crippen MR) is 103 cm³/mol. The Morgan fingerprint density at radius 3 is 2.31 bits per heavy atom. The SMILES string of the molecule is CNC(=O)Nc1ccc(NC(=O)c2sc(-c3ccccn3)nc2C)cc1. The fourth-order valence-corrected chi connectivity index (χ4v) is 3.16. The molecule has 7 nitrogen and oxygen atoms in total. The Morgan fingerprint density at radius 2 is 1.69 bits per heavy atom. The van der Waals surface area contributed by atoms with Gasteiger partial charge in [0.05, 0.1) is 11.4 Å². The van der Waals surface area contributed by atoms with Gasteiger partial charge in [0.25, 0.3) is 5.91 Å². The zero-order valence-corrected chi connectivity index (χ0v) is 15.1. The number of nitrogens with one attached hydrogen (secondary N) is 3. The van der Waals surface area contributed by atoms with Crippen molar-refractivity contribution in [3.05, 3.63) is 59.2 Å². The number of hydrogen-bond acceptors (Lipinski definition) is 5. The Bertz CT molecular complexity index is 923. The van der Waals surface area contributed by atoms with Crippen molar-refractivity contribution in [2.24, 2.45) is 0 Å². The van der Waals surface area contributed by atoms with E-state index in [4.69, 9.17) is 0 Å². The first kappa shape index (κ1) is 17.6. The highest BCUT2D eigenvalue weighted by atomic mass is 32.1. The summed E-state index contributed by atoms with van der Waals surface area (Å²) < 4.78 is 0. The van der Waals surface area contributed by atoms with Gasteiger partial charge in [0.15, 0.2) is 0 Å². The van der Waals surface area contributed by atoms with E-state index in [2.05, 4.69) is 25.9 Å². The van der Waals surface area contributed by atoms with E-state index in [1.54, 1.807) is 44.4 Å². The van der Waals surface area contributed by atoms with Crippen LogP contribution in [0.2, 0.25) is 0 Å². The van der Waals surface area contributed by atoms with Crippen molar-refractivity contribution < 1.29 is 9.59 Å². The van der Waals surface area contributed by atoms with E-state index in [0.29, 0.717) is 27.0 Å². The van der Waals surface area contributed by atoms with Crippen LogP contribution in [-0.4, -0.2) is 29.0 Å². The summed E-state index contributed by atoms with van der Waals surface area (Å²) in [7, 11) is 1.54. The molecule has 132 valence electrons. The molecule has 0 aliphatic heterocycles. The third-order valence-corrected chi connectivity index (χ3v) is 4.69. The lowest BCUT2D eigenvalue weighted by Crippen LogP contribution is -2.24. The molecule has 0 saturated carbocycles. The normalized spacial score (nSPS) is 10.2. The van der Waals surface area contributed by atoms with Gasteiger partial charge in [-0.1, -0.05) is 6.07 Å². The van der Waals surface area contributed by atoms with Crippen molar-refractivity contribution in [1.82, 2.24) is 15.3 Å². The third kappa shape index (κ3) is 4.04. The molecule has 3 rings (SSSR count). The topological polar surface area (TPSA) is 96.0 Å². The number of rotatable bonds is 4. The molecule has 2 aromatic heterocycles. The number of pyridine rings is 1. The van der Waals surface area contributed by atoms with Crippen molar-refractivity contribution in [1.29, 1.82) is 0 Å². The molecule has 0 bridgehead atoms. The molecule has 3 N–H and O–H groups in total. The molecule has 0 saturated heterocycles. The van der Waals surface area contributed by atoms with Gasteiger partial charge in [0.1, 0.15) is 9.88 Å². The summed E-state index contributed by atoms with van der Waals surface area (Å²) in [6.07, 6.45) is 1.69. The fraction of sp³-hybridized carbons (Fsp3) is 0.111. The smallest absolute Gasteiger partial charge is 0.318 e. The number of benzene rings is 1. The standard InChI is InChI=1S/C18H17N5O2S/c1-11-15(26-17(21-11)14-5-3-4-10-20-14)16(24)22-12-6-8-13(9-7-12)23-18(25)19-2/h3-10H,1-2H3,(H,22,24)(H2,19,23,25). The number of aromatic nitrogens is 2. The summed E-state index contributed by atoms with van der Waals surface area (Å²) in [5, 5.41) is 8.68. The molecule has 0 fully saturated rings. The minimum atomic E-state index is -0.302. The Morgan fingerprint density at radius 1 is 1.00 bits per heavy atom. The van der Waals surface area contributed by atoms with Gasteiger partial charge in [0, 0.05) is 24.6 Å². The lowest BCUT2D eigenvalue weighted by Gasteiger charge is -2.07. The number of aryl methyl sites for hydroxylation is 1. The molecular weight excluding hydrogens is 350 g/mol. The number of carbonyl (C=O) groups excluding carboxylic acids is 2. The van der Waals surface area contributed by atoms with E-state index < -0.39 is 0 Å². The predicted octanol–water partition coefficient (Wildman–Crippen LogP) is 3.52. The average molecular weight is 367 g/mol. The molecule has 0 aliphatic carbocycles. The lowest BCUT2D eigenvalue weighted by molar-refractivity contribution is 0.103. The minimum Gasteiger partial charge on any atom is -0.341 e. The van der Waals surface area contributed by atoms with Crippen molar-refractivity contribution in [3.63, 3.8) is 0 Å². The van der Waals surface area contributed by atoms with Crippen LogP contribution in [0.3, 0.4) is 0 Å². The van der Waals surface area contributed by atoms with E-state index >= 15 is 0 Å². The van der Waals surface area contributed by atoms with Crippen LogP contribution in [0.15, 0.2) is 48.7 Å². The van der Waals surface area contributed by atoms with Crippen LogP contribution >= 0.6 is 11.3 Å². The van der Waals surface area contributed by atoms with Gasteiger partial charge in [-0.05, 0) is 43.3 Å². The number of hydrogen-bond donors (Lipinski definition) is 3. The first-order valence-corrected chi connectivity index (χ1v) is 8.67. The molecule has 0 aliphatic rings. The number of nitrogens with zero attached hydrogens (tertiary/aromatic N) is 2. The number of urea groups is 1. The molecule has 26 heavy (non-hydrogen) atoms. The van der Waals surface area contributed by atoms with Crippen molar-refractivity contribution >= 4 is 34.6 Å². The second-order valence-electron chi connectivity index (χ2n) is 5.38. The molecule has 3 aromatic rings. The van der Waals surface area contributed by atoms with Crippen LogP contribution in [0.1, 0.15) is 15.4 Å². The lowest BCUT2D eigenvalue weighted by atomic mass is 10.2. The number of thiazole rings is 1. The fourth-order valence-electron chi connectivity index (χ4n) is 2.22. The summed E-state index contributed by atoms with van der Waals surface area (Å²) in [6, 6.07) is 12.1. The van der Waals surface area contributed by atoms with Crippen molar-refractivity contribution in [2.45, 2.75) is 6.92 Å². The molecule has 0 radical (unpaired) electrons.